The van der Waals surface area contributed by atoms with E-state index in [1.807, 2.05) is 30.1 Å². The van der Waals surface area contributed by atoms with Crippen molar-refractivity contribution in [1.82, 2.24) is 9.30 Å². The summed E-state index contributed by atoms with van der Waals surface area (Å²) in [5.41, 5.74) is 0.725. The molecule has 4 atom stereocenters. The van der Waals surface area contributed by atoms with Crippen LogP contribution in [0.15, 0.2) is 23.2 Å². The van der Waals surface area contributed by atoms with Gasteiger partial charge in [0.1, 0.15) is 18.4 Å². The van der Waals surface area contributed by atoms with E-state index in [-0.39, 0.29) is 28.6 Å². The molecule has 0 saturated carbocycles. The maximum Gasteiger partial charge on any atom is 0.352 e. The van der Waals surface area contributed by atoms with E-state index in [1.165, 1.54) is 4.90 Å². The Balaban J connectivity index is 1.64. The molecule has 2 N–H and O–H groups in total. The number of amides is 1. The molecular formula is C24H36N3O5S2Si+. The summed E-state index contributed by atoms with van der Waals surface area (Å²) in [6, 6.07) is -0.317. The van der Waals surface area contributed by atoms with Gasteiger partial charge in [-0.15, -0.1) is 0 Å². The Morgan fingerprint density at radius 2 is 2.03 bits per heavy atom. The predicted molar refractivity (Wildman–Crippen MR) is 140 cm³/mol. The molecule has 2 aromatic heterocycles. The standard InChI is InChI=1S/C24H35N3O5S2Si/c1-13-16(19(23(30)31)27-18(13)17(14(2)28)20(27)29)15-11-26-12-25(21(33-6)22(26)34-15)9-10-32-35(7,8)24(3,4)5/h11-14,17-18,28H,9-10H2,1-8H3/p+1/t13-,14+,17+,18+/m0/s1. The number of aromatic nitrogens is 2. The number of rotatable bonds is 8. The maximum absolute atomic E-state index is 12.7. The average molecular weight is 539 g/mol. The highest BCUT2D eigenvalue weighted by Gasteiger charge is 2.60. The van der Waals surface area contributed by atoms with Gasteiger partial charge in [0.05, 0.1) is 29.5 Å². The van der Waals surface area contributed by atoms with Gasteiger partial charge in [0.15, 0.2) is 8.32 Å². The van der Waals surface area contributed by atoms with Crippen LogP contribution in [0.1, 0.15) is 39.5 Å². The zero-order valence-corrected chi connectivity index (χ0v) is 24.3. The van der Waals surface area contributed by atoms with Crippen molar-refractivity contribution < 1.29 is 28.8 Å². The molecule has 1 amide bonds. The number of aliphatic hydroxyl groups excluding tert-OH is 1. The van der Waals surface area contributed by atoms with E-state index in [9.17, 15) is 19.8 Å². The Bertz CT molecular complexity index is 1210. The van der Waals surface area contributed by atoms with Gasteiger partial charge in [-0.3, -0.25) is 4.79 Å². The van der Waals surface area contributed by atoms with Crippen molar-refractivity contribution in [1.29, 1.82) is 0 Å². The van der Waals surface area contributed by atoms with Gasteiger partial charge in [-0.1, -0.05) is 50.8 Å². The second-order valence-electron chi connectivity index (χ2n) is 11.1. The Morgan fingerprint density at radius 3 is 2.57 bits per heavy atom. The molecule has 4 rings (SSSR count). The molecule has 0 spiro atoms. The fourth-order valence-electron chi connectivity index (χ4n) is 4.93. The van der Waals surface area contributed by atoms with Crippen LogP contribution in [0.5, 0.6) is 0 Å². The molecule has 2 aliphatic heterocycles. The number of thioether (sulfide) groups is 1. The molecule has 0 aromatic carbocycles. The zero-order valence-electron chi connectivity index (χ0n) is 21.7. The number of fused-ring (bicyclic) bond motifs is 2. The lowest BCUT2D eigenvalue weighted by molar-refractivity contribution is -0.730. The predicted octanol–water partition coefficient (Wildman–Crippen LogP) is 3.69. The largest absolute Gasteiger partial charge is 0.477 e. The number of carboxylic acids is 1. The fourth-order valence-corrected chi connectivity index (χ4v) is 8.17. The van der Waals surface area contributed by atoms with E-state index in [1.54, 1.807) is 30.0 Å². The Kier molecular flexibility index (Phi) is 6.80. The number of imidazole rings is 1. The molecule has 35 heavy (non-hydrogen) atoms. The molecule has 0 unspecified atom stereocenters. The third kappa shape index (κ3) is 4.18. The summed E-state index contributed by atoms with van der Waals surface area (Å²) in [5, 5.41) is 21.4. The summed E-state index contributed by atoms with van der Waals surface area (Å²) >= 11 is 3.20. The normalized spacial score (nSPS) is 23.7. The van der Waals surface area contributed by atoms with E-state index in [4.69, 9.17) is 4.43 Å². The summed E-state index contributed by atoms with van der Waals surface area (Å²) in [6.45, 7) is 16.1. The lowest BCUT2D eigenvalue weighted by atomic mass is 9.77. The van der Waals surface area contributed by atoms with Crippen LogP contribution in [0, 0.1) is 11.8 Å². The molecule has 0 aliphatic carbocycles. The van der Waals surface area contributed by atoms with Crippen molar-refractivity contribution in [3.05, 3.63) is 23.1 Å². The Hall–Kier alpha value is -1.66. The molecule has 2 aromatic rings. The third-order valence-corrected chi connectivity index (χ3v) is 14.5. The molecule has 1 fully saturated rings. The molecule has 1 saturated heterocycles. The van der Waals surface area contributed by atoms with Crippen LogP contribution in [0.4, 0.5) is 0 Å². The number of aliphatic hydroxyl groups is 1. The Morgan fingerprint density at radius 1 is 1.37 bits per heavy atom. The molecule has 8 nitrogen and oxygen atoms in total. The van der Waals surface area contributed by atoms with Crippen LogP contribution in [0.3, 0.4) is 0 Å². The summed E-state index contributed by atoms with van der Waals surface area (Å²) in [6.07, 6.45) is 5.23. The van der Waals surface area contributed by atoms with Crippen LogP contribution in [0.25, 0.3) is 10.4 Å². The van der Waals surface area contributed by atoms with Crippen LogP contribution in [0.2, 0.25) is 18.1 Å². The first kappa shape index (κ1) is 26.4. The molecule has 192 valence electrons. The maximum atomic E-state index is 12.7. The number of β-lactam (4-membered cyclic amide) rings is 1. The SMILES string of the molecule is CSc1c2sc(C3=C(C(=O)O)N4C(=O)[C@H]([C@@H](C)O)[C@H]4[C@H]3C)cn2c[n+]1CCO[Si](C)(C)C(C)(C)C. The average Bonchev–Trinajstić information content (AvgIpc) is 3.34. The molecule has 11 heteroatoms. The number of hydrogen-bond acceptors (Lipinski definition) is 6. The summed E-state index contributed by atoms with van der Waals surface area (Å²) < 4.78 is 10.6. The number of thiazole rings is 1. The molecular weight excluding hydrogens is 503 g/mol. The van der Waals surface area contributed by atoms with Crippen molar-refractivity contribution in [3.8, 4) is 0 Å². The van der Waals surface area contributed by atoms with Crippen molar-refractivity contribution in [2.75, 3.05) is 12.9 Å². The van der Waals surface area contributed by atoms with Crippen LogP contribution < -0.4 is 4.57 Å². The second kappa shape index (κ2) is 9.02. The summed E-state index contributed by atoms with van der Waals surface area (Å²) in [7, 11) is -1.82. The van der Waals surface area contributed by atoms with Gasteiger partial charge >= 0.3 is 5.97 Å². The second-order valence-corrected chi connectivity index (χ2v) is 17.7. The van der Waals surface area contributed by atoms with Crippen molar-refractivity contribution >= 4 is 53.7 Å². The monoisotopic (exact) mass is 538 g/mol. The minimum atomic E-state index is -1.82. The van der Waals surface area contributed by atoms with Crippen LogP contribution in [-0.2, 0) is 20.6 Å². The fraction of sp³-hybridized carbons (Fsp3) is 0.625. The van der Waals surface area contributed by atoms with Crippen molar-refractivity contribution in [2.24, 2.45) is 11.8 Å². The van der Waals surface area contributed by atoms with Crippen molar-refractivity contribution in [2.45, 2.75) is 76.5 Å². The molecule has 0 bridgehead atoms. The highest BCUT2D eigenvalue weighted by molar-refractivity contribution is 7.98. The summed E-state index contributed by atoms with van der Waals surface area (Å²) in [4.78, 5) is 28.1. The Labute approximate surface area is 215 Å². The van der Waals surface area contributed by atoms with Gasteiger partial charge in [0.25, 0.3) is 6.33 Å². The van der Waals surface area contributed by atoms with Gasteiger partial charge in [-0.25, -0.2) is 9.36 Å². The number of aliphatic carboxylic acids is 1. The van der Waals surface area contributed by atoms with E-state index < -0.39 is 26.3 Å². The smallest absolute Gasteiger partial charge is 0.352 e. The molecule has 0 radical (unpaired) electrons. The van der Waals surface area contributed by atoms with Gasteiger partial charge in [0, 0.05) is 11.5 Å². The molecule has 4 heterocycles. The third-order valence-electron chi connectivity index (χ3n) is 7.84. The van der Waals surface area contributed by atoms with Gasteiger partial charge < -0.3 is 19.5 Å². The zero-order chi connectivity index (χ0) is 26.0. The first-order chi connectivity index (χ1) is 16.2. The van der Waals surface area contributed by atoms with Gasteiger partial charge in [-0.05, 0) is 31.3 Å². The van der Waals surface area contributed by atoms with Crippen LogP contribution in [-0.4, -0.2) is 64.7 Å². The highest BCUT2D eigenvalue weighted by Crippen LogP contribution is 2.51. The number of hydrogen-bond donors (Lipinski definition) is 2. The minimum Gasteiger partial charge on any atom is -0.477 e. The van der Waals surface area contributed by atoms with Gasteiger partial charge in [-0.2, -0.15) is 4.40 Å². The lowest BCUT2D eigenvalue weighted by Gasteiger charge is -2.46. The van der Waals surface area contributed by atoms with Gasteiger partial charge in [0.2, 0.25) is 15.8 Å². The topological polar surface area (TPSA) is 95.4 Å². The quantitative estimate of drug-likeness (QED) is 0.230. The molecule has 2 aliphatic rings. The van der Waals surface area contributed by atoms with E-state index in [0.717, 1.165) is 21.3 Å². The van der Waals surface area contributed by atoms with E-state index in [2.05, 4.69) is 38.4 Å². The highest BCUT2D eigenvalue weighted by atomic mass is 32.2. The number of carboxylic acid groups (broad SMARTS) is 1. The lowest BCUT2D eigenvalue weighted by Crippen LogP contribution is -2.63. The van der Waals surface area contributed by atoms with E-state index in [0.29, 0.717) is 12.2 Å². The first-order valence-corrected chi connectivity index (χ1v) is 16.9. The van der Waals surface area contributed by atoms with Crippen LogP contribution >= 0.6 is 23.1 Å². The van der Waals surface area contributed by atoms with Crippen molar-refractivity contribution in [3.63, 3.8) is 0 Å². The van der Waals surface area contributed by atoms with E-state index >= 15 is 0 Å². The minimum absolute atomic E-state index is 0.0512. The summed E-state index contributed by atoms with van der Waals surface area (Å²) in [5.74, 6) is -2.15. The number of carbonyl (C=O) groups excluding carboxylic acids is 1. The number of nitrogens with zero attached hydrogens (tertiary/aromatic N) is 3. The first-order valence-electron chi connectivity index (χ1n) is 11.9. The number of carbonyl (C=O) groups is 2.